The number of nitrogens with zero attached hydrogens (tertiary/aromatic N) is 1. The lowest BCUT2D eigenvalue weighted by molar-refractivity contribution is -0.109. The SMILES string of the molecule is O=S(=O)(NC1CC1)N1CCCCO1. The molecule has 1 heterocycles. The summed E-state index contributed by atoms with van der Waals surface area (Å²) >= 11 is 0. The predicted octanol–water partition coefficient (Wildman–Crippen LogP) is 0.0106. The van der Waals surface area contributed by atoms with Crippen LogP contribution in [-0.2, 0) is 15.0 Å². The van der Waals surface area contributed by atoms with Crippen LogP contribution in [0.4, 0.5) is 0 Å². The van der Waals surface area contributed by atoms with Crippen molar-refractivity contribution in [1.29, 1.82) is 0 Å². The minimum Gasteiger partial charge on any atom is -0.283 e. The van der Waals surface area contributed by atoms with Crippen molar-refractivity contribution in [2.75, 3.05) is 13.2 Å². The van der Waals surface area contributed by atoms with Crippen LogP contribution in [0, 0.1) is 0 Å². The van der Waals surface area contributed by atoms with Gasteiger partial charge in [0.2, 0.25) is 0 Å². The Morgan fingerprint density at radius 3 is 2.62 bits per heavy atom. The van der Waals surface area contributed by atoms with Crippen molar-refractivity contribution in [2.24, 2.45) is 0 Å². The van der Waals surface area contributed by atoms with E-state index in [1.165, 1.54) is 0 Å². The van der Waals surface area contributed by atoms with Crippen LogP contribution in [0.2, 0.25) is 0 Å². The van der Waals surface area contributed by atoms with Gasteiger partial charge in [-0.15, -0.1) is 0 Å². The number of rotatable bonds is 3. The maximum absolute atomic E-state index is 11.5. The molecule has 5 nitrogen and oxygen atoms in total. The highest BCUT2D eigenvalue weighted by Gasteiger charge is 2.32. The zero-order valence-corrected chi connectivity index (χ0v) is 8.22. The zero-order chi connectivity index (χ0) is 9.31. The molecule has 1 saturated heterocycles. The number of hydrogen-bond donors (Lipinski definition) is 1. The molecular weight excluding hydrogens is 192 g/mol. The van der Waals surface area contributed by atoms with Crippen molar-refractivity contribution in [3.63, 3.8) is 0 Å². The highest BCUT2D eigenvalue weighted by atomic mass is 32.2. The third-order valence-corrected chi connectivity index (χ3v) is 3.59. The van der Waals surface area contributed by atoms with Gasteiger partial charge in [-0.05, 0) is 25.7 Å². The van der Waals surface area contributed by atoms with Gasteiger partial charge in [0.25, 0.3) is 0 Å². The fourth-order valence-corrected chi connectivity index (χ4v) is 2.59. The van der Waals surface area contributed by atoms with Gasteiger partial charge in [-0.3, -0.25) is 4.84 Å². The van der Waals surface area contributed by atoms with Crippen LogP contribution in [-0.4, -0.2) is 32.1 Å². The third kappa shape index (κ3) is 2.40. The Morgan fingerprint density at radius 2 is 2.08 bits per heavy atom. The zero-order valence-electron chi connectivity index (χ0n) is 7.40. The van der Waals surface area contributed by atoms with Crippen molar-refractivity contribution in [3.8, 4) is 0 Å². The van der Waals surface area contributed by atoms with Crippen molar-refractivity contribution >= 4 is 10.2 Å². The average molecular weight is 206 g/mol. The number of hydroxylamine groups is 1. The molecule has 0 atom stereocenters. The van der Waals surface area contributed by atoms with E-state index in [0.717, 1.165) is 30.2 Å². The van der Waals surface area contributed by atoms with E-state index in [9.17, 15) is 8.42 Å². The van der Waals surface area contributed by atoms with E-state index >= 15 is 0 Å². The number of hydrogen-bond acceptors (Lipinski definition) is 3. The first-order valence-corrected chi connectivity index (χ1v) is 6.05. The summed E-state index contributed by atoms with van der Waals surface area (Å²) in [6, 6.07) is 0.149. The van der Waals surface area contributed by atoms with Crippen LogP contribution >= 0.6 is 0 Å². The normalized spacial score (nSPS) is 26.2. The first kappa shape index (κ1) is 9.39. The second-order valence-electron chi connectivity index (χ2n) is 3.46. The molecule has 6 heteroatoms. The summed E-state index contributed by atoms with van der Waals surface area (Å²) in [6.45, 7) is 0.980. The molecule has 1 aliphatic heterocycles. The summed E-state index contributed by atoms with van der Waals surface area (Å²) in [5.74, 6) is 0. The Bertz CT molecular complexity index is 267. The molecule has 0 spiro atoms. The van der Waals surface area contributed by atoms with E-state index in [0.29, 0.717) is 13.2 Å². The molecule has 1 aliphatic carbocycles. The largest absolute Gasteiger partial charge is 0.301 e. The molecule has 0 aromatic carbocycles. The van der Waals surface area contributed by atoms with Crippen LogP contribution in [0.15, 0.2) is 0 Å². The first-order chi connectivity index (χ1) is 6.18. The molecule has 1 saturated carbocycles. The Labute approximate surface area is 78.2 Å². The average Bonchev–Trinajstić information content (AvgIpc) is 2.89. The van der Waals surface area contributed by atoms with E-state index < -0.39 is 10.2 Å². The minimum atomic E-state index is -3.36. The van der Waals surface area contributed by atoms with Gasteiger partial charge in [0, 0.05) is 12.6 Å². The Hall–Kier alpha value is -0.170. The minimum absolute atomic E-state index is 0.149. The summed E-state index contributed by atoms with van der Waals surface area (Å²) < 4.78 is 26.7. The fraction of sp³-hybridized carbons (Fsp3) is 1.00. The quantitative estimate of drug-likeness (QED) is 0.707. The lowest BCUT2D eigenvalue weighted by Crippen LogP contribution is -2.44. The fourth-order valence-electron chi connectivity index (χ4n) is 1.23. The molecule has 0 radical (unpaired) electrons. The van der Waals surface area contributed by atoms with Crippen LogP contribution in [0.1, 0.15) is 25.7 Å². The maximum Gasteiger partial charge on any atom is 0.301 e. The lowest BCUT2D eigenvalue weighted by Gasteiger charge is -2.25. The topological polar surface area (TPSA) is 58.6 Å². The second kappa shape index (κ2) is 3.53. The predicted molar refractivity (Wildman–Crippen MR) is 47.0 cm³/mol. The molecular formula is C7H14N2O3S. The van der Waals surface area contributed by atoms with E-state index in [4.69, 9.17) is 4.84 Å². The smallest absolute Gasteiger partial charge is 0.283 e. The molecule has 0 unspecified atom stereocenters. The molecule has 2 fully saturated rings. The van der Waals surface area contributed by atoms with Crippen molar-refractivity contribution in [1.82, 2.24) is 9.19 Å². The molecule has 0 aromatic rings. The lowest BCUT2D eigenvalue weighted by atomic mass is 10.3. The van der Waals surface area contributed by atoms with Gasteiger partial charge in [0.15, 0.2) is 0 Å². The van der Waals surface area contributed by atoms with E-state index in [1.54, 1.807) is 0 Å². The monoisotopic (exact) mass is 206 g/mol. The summed E-state index contributed by atoms with van der Waals surface area (Å²) in [4.78, 5) is 5.05. The van der Waals surface area contributed by atoms with Crippen LogP contribution in [0.25, 0.3) is 0 Å². The van der Waals surface area contributed by atoms with Crippen LogP contribution < -0.4 is 4.72 Å². The Kier molecular flexibility index (Phi) is 2.55. The highest BCUT2D eigenvalue weighted by molar-refractivity contribution is 7.87. The van der Waals surface area contributed by atoms with Crippen molar-refractivity contribution < 1.29 is 13.3 Å². The summed E-state index contributed by atoms with van der Waals surface area (Å²) in [5, 5.41) is 0. The van der Waals surface area contributed by atoms with Gasteiger partial charge in [0.1, 0.15) is 0 Å². The van der Waals surface area contributed by atoms with E-state index in [1.807, 2.05) is 0 Å². The molecule has 2 rings (SSSR count). The van der Waals surface area contributed by atoms with Gasteiger partial charge < -0.3 is 0 Å². The summed E-state index contributed by atoms with van der Waals surface area (Å²) in [6.07, 6.45) is 3.72. The Balaban J connectivity index is 1.95. The molecule has 0 aromatic heterocycles. The van der Waals surface area contributed by atoms with Crippen LogP contribution in [0.3, 0.4) is 0 Å². The van der Waals surface area contributed by atoms with Gasteiger partial charge in [-0.1, -0.05) is 4.47 Å². The number of nitrogens with one attached hydrogen (secondary N) is 1. The summed E-state index contributed by atoms with van der Waals surface area (Å²) in [7, 11) is -3.36. The second-order valence-corrected chi connectivity index (χ2v) is 5.06. The molecule has 2 aliphatic rings. The molecule has 76 valence electrons. The van der Waals surface area contributed by atoms with Crippen molar-refractivity contribution in [2.45, 2.75) is 31.7 Å². The van der Waals surface area contributed by atoms with Gasteiger partial charge >= 0.3 is 10.2 Å². The van der Waals surface area contributed by atoms with Gasteiger partial charge in [0.05, 0.1) is 6.61 Å². The first-order valence-electron chi connectivity index (χ1n) is 4.61. The van der Waals surface area contributed by atoms with Crippen molar-refractivity contribution in [3.05, 3.63) is 0 Å². The summed E-state index contributed by atoms with van der Waals surface area (Å²) in [5.41, 5.74) is 0. The molecule has 0 amide bonds. The maximum atomic E-state index is 11.5. The van der Waals surface area contributed by atoms with Crippen LogP contribution in [0.5, 0.6) is 0 Å². The highest BCUT2D eigenvalue weighted by Crippen LogP contribution is 2.21. The van der Waals surface area contributed by atoms with Gasteiger partial charge in [-0.25, -0.2) is 0 Å². The standard InChI is InChI=1S/C7H14N2O3S/c10-13(11,8-7-3-4-7)9-5-1-2-6-12-9/h7-8H,1-6H2. The third-order valence-electron chi connectivity index (χ3n) is 2.13. The van der Waals surface area contributed by atoms with Gasteiger partial charge in [-0.2, -0.15) is 13.1 Å². The molecule has 1 N–H and O–H groups in total. The van der Waals surface area contributed by atoms with E-state index in [-0.39, 0.29) is 6.04 Å². The molecule has 0 bridgehead atoms. The molecule has 13 heavy (non-hydrogen) atoms. The van der Waals surface area contributed by atoms with E-state index in [2.05, 4.69) is 4.72 Å². The Morgan fingerprint density at radius 1 is 1.31 bits per heavy atom.